The first-order valence-electron chi connectivity index (χ1n) is 7.66. The number of aliphatic hydroxyl groups is 1. The van der Waals surface area contributed by atoms with E-state index in [0.29, 0.717) is 12.5 Å². The molecule has 2 N–H and O–H groups in total. The average molecular weight is 273 g/mol. The molecule has 3 rings (SSSR count). The number of benzene rings is 1. The first kappa shape index (κ1) is 13.6. The molecule has 2 aliphatic carbocycles. The molecule has 1 aromatic rings. The number of rotatable bonds is 4. The van der Waals surface area contributed by atoms with Gasteiger partial charge < -0.3 is 10.4 Å². The fourth-order valence-electron chi connectivity index (χ4n) is 3.96. The molecule has 108 valence electrons. The Balaban J connectivity index is 1.54. The molecule has 0 heterocycles. The maximum absolute atomic E-state index is 12.2. The molecular formula is C17H23NO2. The van der Waals surface area contributed by atoms with Gasteiger partial charge in [-0.25, -0.2) is 0 Å². The Kier molecular flexibility index (Phi) is 3.79. The largest absolute Gasteiger partial charge is 0.387 e. The van der Waals surface area contributed by atoms with Crippen LogP contribution in [0.25, 0.3) is 0 Å². The number of aliphatic hydroxyl groups excluding tert-OH is 1. The van der Waals surface area contributed by atoms with Crippen LogP contribution in [0.2, 0.25) is 0 Å². The van der Waals surface area contributed by atoms with Gasteiger partial charge in [-0.1, -0.05) is 30.7 Å². The number of amides is 1. The summed E-state index contributed by atoms with van der Waals surface area (Å²) in [5, 5.41) is 13.2. The molecule has 2 aliphatic rings. The van der Waals surface area contributed by atoms with Gasteiger partial charge in [-0.05, 0) is 49.1 Å². The Morgan fingerprint density at radius 1 is 1.35 bits per heavy atom. The fraction of sp³-hybridized carbons (Fsp3) is 0.588. The molecule has 2 fully saturated rings. The van der Waals surface area contributed by atoms with E-state index in [0.717, 1.165) is 23.5 Å². The van der Waals surface area contributed by atoms with Crippen LogP contribution in [0.15, 0.2) is 24.3 Å². The lowest BCUT2D eigenvalue weighted by Gasteiger charge is -2.22. The number of nitrogens with one attached hydrogen (secondary N) is 1. The molecule has 1 amide bonds. The predicted octanol–water partition coefficient (Wildman–Crippen LogP) is 2.58. The topological polar surface area (TPSA) is 49.3 Å². The maximum Gasteiger partial charge on any atom is 0.223 e. The van der Waals surface area contributed by atoms with Crippen LogP contribution in [0.3, 0.4) is 0 Å². The van der Waals surface area contributed by atoms with Crippen LogP contribution in [-0.2, 0) is 4.79 Å². The van der Waals surface area contributed by atoms with E-state index in [1.165, 1.54) is 19.3 Å². The molecule has 2 bridgehead atoms. The summed E-state index contributed by atoms with van der Waals surface area (Å²) < 4.78 is 0. The summed E-state index contributed by atoms with van der Waals surface area (Å²) in [7, 11) is 0. The van der Waals surface area contributed by atoms with Crippen LogP contribution in [0.4, 0.5) is 0 Å². The van der Waals surface area contributed by atoms with Crippen LogP contribution in [0, 0.1) is 24.7 Å². The van der Waals surface area contributed by atoms with E-state index in [-0.39, 0.29) is 11.8 Å². The molecule has 3 nitrogen and oxygen atoms in total. The van der Waals surface area contributed by atoms with Crippen LogP contribution >= 0.6 is 0 Å². The van der Waals surface area contributed by atoms with Crippen molar-refractivity contribution in [2.45, 2.75) is 38.7 Å². The van der Waals surface area contributed by atoms with Crippen molar-refractivity contribution in [3.63, 3.8) is 0 Å². The van der Waals surface area contributed by atoms with Crippen molar-refractivity contribution < 1.29 is 9.90 Å². The van der Waals surface area contributed by atoms with Crippen LogP contribution in [0.1, 0.15) is 42.9 Å². The monoisotopic (exact) mass is 273 g/mol. The van der Waals surface area contributed by atoms with Gasteiger partial charge in [0.2, 0.25) is 5.91 Å². The van der Waals surface area contributed by atoms with Crippen molar-refractivity contribution in [1.29, 1.82) is 0 Å². The van der Waals surface area contributed by atoms with E-state index in [4.69, 9.17) is 0 Å². The minimum atomic E-state index is -0.612. The van der Waals surface area contributed by atoms with E-state index < -0.39 is 6.10 Å². The van der Waals surface area contributed by atoms with Gasteiger partial charge in [-0.2, -0.15) is 0 Å². The number of fused-ring (bicyclic) bond motifs is 2. The lowest BCUT2D eigenvalue weighted by atomic mass is 9.88. The molecule has 20 heavy (non-hydrogen) atoms. The van der Waals surface area contributed by atoms with Crippen molar-refractivity contribution in [2.75, 3.05) is 6.54 Å². The number of carbonyl (C=O) groups excluding carboxylic acids is 1. The lowest BCUT2D eigenvalue weighted by molar-refractivity contribution is -0.127. The van der Waals surface area contributed by atoms with E-state index in [2.05, 4.69) is 5.32 Å². The fourth-order valence-corrected chi connectivity index (χ4v) is 3.96. The number of aryl methyl sites for hydroxylation is 1. The molecule has 4 unspecified atom stereocenters. The van der Waals surface area contributed by atoms with Gasteiger partial charge in [0.25, 0.3) is 0 Å². The Morgan fingerprint density at radius 3 is 2.80 bits per heavy atom. The Labute approximate surface area is 120 Å². The van der Waals surface area contributed by atoms with Crippen LogP contribution in [-0.4, -0.2) is 17.6 Å². The molecule has 0 spiro atoms. The third-order valence-corrected chi connectivity index (χ3v) is 5.09. The van der Waals surface area contributed by atoms with Gasteiger partial charge in [0.1, 0.15) is 0 Å². The highest BCUT2D eigenvalue weighted by atomic mass is 16.3. The lowest BCUT2D eigenvalue weighted by Crippen LogP contribution is -2.36. The van der Waals surface area contributed by atoms with Gasteiger partial charge >= 0.3 is 0 Å². The van der Waals surface area contributed by atoms with Crippen molar-refractivity contribution in [1.82, 2.24) is 5.32 Å². The smallest absolute Gasteiger partial charge is 0.223 e. The minimum Gasteiger partial charge on any atom is -0.387 e. The normalized spacial score (nSPS) is 29.4. The van der Waals surface area contributed by atoms with Crippen molar-refractivity contribution in [2.24, 2.45) is 17.8 Å². The highest BCUT2D eigenvalue weighted by molar-refractivity contribution is 5.79. The predicted molar refractivity (Wildman–Crippen MR) is 78.1 cm³/mol. The summed E-state index contributed by atoms with van der Waals surface area (Å²) in [5.74, 6) is 1.70. The molecule has 1 aromatic carbocycles. The van der Waals surface area contributed by atoms with E-state index in [1.807, 2.05) is 31.2 Å². The summed E-state index contributed by atoms with van der Waals surface area (Å²) >= 11 is 0. The molecule has 0 radical (unpaired) electrons. The highest BCUT2D eigenvalue weighted by Crippen LogP contribution is 2.48. The van der Waals surface area contributed by atoms with E-state index >= 15 is 0 Å². The molecule has 3 heteroatoms. The molecular weight excluding hydrogens is 250 g/mol. The molecule has 0 aromatic heterocycles. The number of carbonyl (C=O) groups is 1. The third kappa shape index (κ3) is 2.59. The molecule has 2 saturated carbocycles. The van der Waals surface area contributed by atoms with E-state index in [9.17, 15) is 9.90 Å². The molecule has 0 saturated heterocycles. The van der Waals surface area contributed by atoms with Crippen LogP contribution < -0.4 is 5.32 Å². The minimum absolute atomic E-state index is 0.143. The summed E-state index contributed by atoms with van der Waals surface area (Å²) in [6.07, 6.45) is 4.19. The molecule has 0 aliphatic heterocycles. The standard InChI is InChI=1S/C17H23NO2/c1-11-4-2-3-5-14(11)16(19)10-18-17(20)15-9-12-6-7-13(15)8-12/h2-5,12-13,15-16,19H,6-10H2,1H3,(H,18,20). The van der Waals surface area contributed by atoms with Crippen LogP contribution in [0.5, 0.6) is 0 Å². The van der Waals surface area contributed by atoms with Crippen molar-refractivity contribution >= 4 is 5.91 Å². The second-order valence-electron chi connectivity index (χ2n) is 6.40. The highest BCUT2D eigenvalue weighted by Gasteiger charge is 2.42. The van der Waals surface area contributed by atoms with Gasteiger partial charge in [0, 0.05) is 12.5 Å². The quantitative estimate of drug-likeness (QED) is 0.886. The Morgan fingerprint density at radius 2 is 2.15 bits per heavy atom. The van der Waals surface area contributed by atoms with Crippen molar-refractivity contribution in [3.05, 3.63) is 35.4 Å². The number of hydrogen-bond donors (Lipinski definition) is 2. The SMILES string of the molecule is Cc1ccccc1C(O)CNC(=O)C1CC2CCC1C2. The van der Waals surface area contributed by atoms with E-state index in [1.54, 1.807) is 0 Å². The summed E-state index contributed by atoms with van der Waals surface area (Å²) in [6, 6.07) is 7.78. The number of hydrogen-bond acceptors (Lipinski definition) is 2. The zero-order valence-corrected chi connectivity index (χ0v) is 12.0. The van der Waals surface area contributed by atoms with Gasteiger partial charge in [0.15, 0.2) is 0 Å². The van der Waals surface area contributed by atoms with Gasteiger partial charge in [-0.3, -0.25) is 4.79 Å². The van der Waals surface area contributed by atoms with Gasteiger partial charge in [0.05, 0.1) is 6.10 Å². The zero-order valence-electron chi connectivity index (χ0n) is 12.0. The zero-order chi connectivity index (χ0) is 14.1. The summed E-state index contributed by atoms with van der Waals surface area (Å²) in [4.78, 5) is 12.2. The van der Waals surface area contributed by atoms with Crippen molar-refractivity contribution in [3.8, 4) is 0 Å². The first-order chi connectivity index (χ1) is 9.65. The molecule has 4 atom stereocenters. The van der Waals surface area contributed by atoms with Gasteiger partial charge in [-0.15, -0.1) is 0 Å². The Hall–Kier alpha value is -1.35. The first-order valence-corrected chi connectivity index (χ1v) is 7.66. The second kappa shape index (κ2) is 5.57. The average Bonchev–Trinajstić information content (AvgIpc) is 3.07. The third-order valence-electron chi connectivity index (χ3n) is 5.09. The maximum atomic E-state index is 12.2. The Bertz CT molecular complexity index is 500. The summed E-state index contributed by atoms with van der Waals surface area (Å²) in [6.45, 7) is 2.30. The summed E-state index contributed by atoms with van der Waals surface area (Å²) in [5.41, 5.74) is 1.97. The second-order valence-corrected chi connectivity index (χ2v) is 6.40.